The second kappa shape index (κ2) is 11.7. The molecule has 0 spiro atoms. The van der Waals surface area contributed by atoms with Gasteiger partial charge in [-0.1, -0.05) is 0 Å². The van der Waals surface area contributed by atoms with E-state index in [0.717, 1.165) is 0 Å². The van der Waals surface area contributed by atoms with Crippen LogP contribution in [-0.4, -0.2) is 107 Å². The standard InChI is InChI=1S/C21H31N4O11P/c1-10-6-24(20(29)22-18(10)27)16-4-12(32-3)15(35-16)9-33-37(31)36-13-5-17(34-14(13)8-26)25-7-11(2)19(28)23-21(25)30/h6-7,12-19,26-28H,4-5,8-9H2,1-3H3,(H-,22,23,29,30)/p+1/t12-,13-,14-,15-,16-,17-,18?,19?/m1/s1. The highest BCUT2D eigenvalue weighted by Crippen LogP contribution is 2.37. The Labute approximate surface area is 213 Å². The van der Waals surface area contributed by atoms with Crippen LogP contribution in [0.4, 0.5) is 9.59 Å². The molecule has 4 aliphatic rings. The van der Waals surface area contributed by atoms with Crippen molar-refractivity contribution in [2.24, 2.45) is 0 Å². The largest absolute Gasteiger partial charge is 0.697 e. The van der Waals surface area contributed by atoms with Gasteiger partial charge in [0.05, 0.1) is 12.7 Å². The van der Waals surface area contributed by atoms with Gasteiger partial charge in [-0.3, -0.25) is 9.80 Å². The number of carbonyl (C=O) groups excluding carboxylic acids is 2. The van der Waals surface area contributed by atoms with Crippen molar-refractivity contribution >= 4 is 20.3 Å². The van der Waals surface area contributed by atoms with Crippen LogP contribution in [0.2, 0.25) is 0 Å². The molecule has 2 saturated heterocycles. The van der Waals surface area contributed by atoms with E-state index in [1.807, 2.05) is 0 Å². The van der Waals surface area contributed by atoms with Crippen molar-refractivity contribution in [3.8, 4) is 0 Å². The summed E-state index contributed by atoms with van der Waals surface area (Å²) in [5.41, 5.74) is 1.03. The molecule has 206 valence electrons. The van der Waals surface area contributed by atoms with E-state index in [9.17, 15) is 29.5 Å². The summed E-state index contributed by atoms with van der Waals surface area (Å²) in [4.78, 5) is 27.1. The van der Waals surface area contributed by atoms with Crippen molar-refractivity contribution in [1.29, 1.82) is 0 Å². The van der Waals surface area contributed by atoms with Crippen molar-refractivity contribution < 1.29 is 52.7 Å². The number of aliphatic hydroxyl groups is 3. The fourth-order valence-corrected chi connectivity index (χ4v) is 5.20. The van der Waals surface area contributed by atoms with Crippen LogP contribution in [0.1, 0.15) is 26.7 Å². The predicted molar refractivity (Wildman–Crippen MR) is 123 cm³/mol. The molecule has 0 bridgehead atoms. The number of amides is 4. The summed E-state index contributed by atoms with van der Waals surface area (Å²) < 4.78 is 40.5. The van der Waals surface area contributed by atoms with Gasteiger partial charge in [-0.05, 0) is 25.0 Å². The molecular formula is C21H32N4O11P+. The molecule has 37 heavy (non-hydrogen) atoms. The van der Waals surface area contributed by atoms with Gasteiger partial charge in [0.2, 0.25) is 0 Å². The third-order valence-corrected chi connectivity index (χ3v) is 7.37. The average molecular weight is 547 g/mol. The van der Waals surface area contributed by atoms with Gasteiger partial charge in [-0.2, -0.15) is 0 Å². The average Bonchev–Trinajstić information content (AvgIpc) is 3.46. The molecule has 4 heterocycles. The highest BCUT2D eigenvalue weighted by Gasteiger charge is 2.47. The molecule has 0 aliphatic carbocycles. The zero-order valence-corrected chi connectivity index (χ0v) is 21.4. The lowest BCUT2D eigenvalue weighted by molar-refractivity contribution is -0.0628. The van der Waals surface area contributed by atoms with E-state index < -0.39 is 76.3 Å². The van der Waals surface area contributed by atoms with E-state index in [4.69, 9.17) is 23.3 Å². The lowest BCUT2D eigenvalue weighted by atomic mass is 10.1. The summed E-state index contributed by atoms with van der Waals surface area (Å²) in [7, 11) is -1.19. The zero-order valence-electron chi connectivity index (χ0n) is 20.6. The number of aliphatic hydroxyl groups excluding tert-OH is 3. The summed E-state index contributed by atoms with van der Waals surface area (Å²) in [6, 6.07) is -1.11. The summed E-state index contributed by atoms with van der Waals surface area (Å²) in [6.07, 6.45) is -3.12. The van der Waals surface area contributed by atoms with Crippen molar-refractivity contribution in [2.45, 2.75) is 76.0 Å². The number of methoxy groups -OCH3 is 1. The predicted octanol–water partition coefficient (Wildman–Crippen LogP) is -0.222. The Morgan fingerprint density at radius 1 is 0.973 bits per heavy atom. The number of urea groups is 2. The molecule has 5 N–H and O–H groups in total. The Bertz CT molecular complexity index is 965. The van der Waals surface area contributed by atoms with Crippen LogP contribution in [0.3, 0.4) is 0 Å². The van der Waals surface area contributed by atoms with Crippen LogP contribution in [0.15, 0.2) is 23.5 Å². The first-order chi connectivity index (χ1) is 17.6. The fraction of sp³-hybridized carbons (Fsp3) is 0.714. The van der Waals surface area contributed by atoms with Gasteiger partial charge in [-0.15, -0.1) is 9.05 Å². The van der Waals surface area contributed by atoms with Crippen LogP contribution < -0.4 is 10.6 Å². The molecule has 4 aliphatic heterocycles. The molecule has 3 unspecified atom stereocenters. The quantitative estimate of drug-likeness (QED) is 0.240. The molecule has 0 aromatic carbocycles. The molecule has 9 atom stereocenters. The minimum atomic E-state index is -2.67. The summed E-state index contributed by atoms with van der Waals surface area (Å²) in [5.74, 6) is 0. The smallest absolute Gasteiger partial charge is 0.394 e. The van der Waals surface area contributed by atoms with Gasteiger partial charge in [0.1, 0.15) is 37.4 Å². The van der Waals surface area contributed by atoms with E-state index in [1.165, 1.54) is 29.3 Å². The first-order valence-electron chi connectivity index (χ1n) is 11.7. The number of nitrogens with one attached hydrogen (secondary N) is 2. The molecule has 4 amide bonds. The SMILES string of the molecule is CO[C@@H]1C[C@H](N2C=C(C)C(O)NC2=O)O[C@@H]1CO[P+](=O)O[C@@H]1C[C@H](N2C=C(C)C(O)NC2=O)O[C@@H]1CO. The number of hydrogen-bond donors (Lipinski definition) is 5. The van der Waals surface area contributed by atoms with Gasteiger partial charge in [-0.25, -0.2) is 9.59 Å². The van der Waals surface area contributed by atoms with Crippen LogP contribution in [0, 0.1) is 0 Å². The highest BCUT2D eigenvalue weighted by atomic mass is 31.1. The topological polar surface area (TPSA) is 189 Å². The molecule has 0 saturated carbocycles. The third kappa shape index (κ3) is 6.11. The van der Waals surface area contributed by atoms with Gasteiger partial charge in [0, 0.05) is 36.9 Å². The second-order valence-electron chi connectivity index (χ2n) is 9.11. The summed E-state index contributed by atoms with van der Waals surface area (Å²) in [5, 5.41) is 34.0. The zero-order chi connectivity index (χ0) is 26.9. The maximum atomic E-state index is 12.6. The van der Waals surface area contributed by atoms with Gasteiger partial charge in [0.25, 0.3) is 0 Å². The molecular weight excluding hydrogens is 515 g/mol. The Morgan fingerprint density at radius 2 is 1.49 bits per heavy atom. The van der Waals surface area contributed by atoms with E-state index in [-0.39, 0.29) is 13.0 Å². The van der Waals surface area contributed by atoms with Crippen LogP contribution >= 0.6 is 8.25 Å². The number of ether oxygens (including phenoxy) is 3. The Morgan fingerprint density at radius 3 is 2.00 bits per heavy atom. The second-order valence-corrected chi connectivity index (χ2v) is 10.0. The minimum Gasteiger partial charge on any atom is -0.394 e. The molecule has 4 rings (SSSR count). The monoisotopic (exact) mass is 547 g/mol. The van der Waals surface area contributed by atoms with Crippen LogP contribution in [-0.2, 0) is 27.8 Å². The first-order valence-corrected chi connectivity index (χ1v) is 12.8. The van der Waals surface area contributed by atoms with Crippen molar-refractivity contribution in [3.05, 3.63) is 23.5 Å². The van der Waals surface area contributed by atoms with E-state index in [1.54, 1.807) is 13.8 Å². The number of rotatable bonds is 9. The highest BCUT2D eigenvalue weighted by molar-refractivity contribution is 7.33. The number of nitrogens with zero attached hydrogens (tertiary/aromatic N) is 2. The molecule has 0 radical (unpaired) electrons. The fourth-order valence-electron chi connectivity index (χ4n) is 4.43. The number of carbonyl (C=O) groups is 2. The first kappa shape index (κ1) is 27.8. The van der Waals surface area contributed by atoms with Crippen molar-refractivity contribution in [2.75, 3.05) is 20.3 Å². The molecule has 15 nitrogen and oxygen atoms in total. The summed E-state index contributed by atoms with van der Waals surface area (Å²) >= 11 is 0. The van der Waals surface area contributed by atoms with Crippen LogP contribution in [0.5, 0.6) is 0 Å². The van der Waals surface area contributed by atoms with Gasteiger partial charge < -0.3 is 40.2 Å². The lowest BCUT2D eigenvalue weighted by Crippen LogP contribution is -2.51. The van der Waals surface area contributed by atoms with Gasteiger partial charge >= 0.3 is 20.3 Å². The van der Waals surface area contributed by atoms with Gasteiger partial charge in [0.15, 0.2) is 12.5 Å². The minimum absolute atomic E-state index is 0.104. The third-order valence-electron chi connectivity index (χ3n) is 6.57. The Kier molecular flexibility index (Phi) is 8.78. The Hall–Kier alpha value is -2.20. The van der Waals surface area contributed by atoms with E-state index in [2.05, 4.69) is 10.6 Å². The molecule has 2 fully saturated rings. The maximum absolute atomic E-state index is 12.6. The van der Waals surface area contributed by atoms with E-state index in [0.29, 0.717) is 17.6 Å². The molecule has 0 aromatic rings. The van der Waals surface area contributed by atoms with Crippen molar-refractivity contribution in [3.63, 3.8) is 0 Å². The maximum Gasteiger partial charge on any atom is 0.697 e. The normalized spacial score (nSPS) is 36.8. The molecule has 0 aromatic heterocycles. The lowest BCUT2D eigenvalue weighted by Gasteiger charge is -2.31. The van der Waals surface area contributed by atoms with Crippen LogP contribution in [0.25, 0.3) is 0 Å². The molecule has 16 heteroatoms. The van der Waals surface area contributed by atoms with Crippen molar-refractivity contribution in [1.82, 2.24) is 20.4 Å². The Balaban J connectivity index is 1.31. The summed E-state index contributed by atoms with van der Waals surface area (Å²) in [6.45, 7) is 2.69. The number of hydrogen-bond acceptors (Lipinski definition) is 11. The van der Waals surface area contributed by atoms with E-state index >= 15 is 0 Å².